The number of benzene rings is 1. The lowest BCUT2D eigenvalue weighted by atomic mass is 9.94. The summed E-state index contributed by atoms with van der Waals surface area (Å²) in [6, 6.07) is 2.61. The molecule has 19 heavy (non-hydrogen) atoms. The molecule has 0 heterocycles. The molecule has 1 aromatic rings. The summed E-state index contributed by atoms with van der Waals surface area (Å²) in [5, 5.41) is 12.5. The molecule has 0 aliphatic rings. The van der Waals surface area contributed by atoms with Gasteiger partial charge < -0.3 is 10.4 Å². The third kappa shape index (κ3) is 5.34. The van der Waals surface area contributed by atoms with Crippen molar-refractivity contribution in [3.63, 3.8) is 0 Å². The number of carbonyl (C=O) groups is 1. The molecule has 0 aliphatic carbocycles. The lowest BCUT2D eigenvalue weighted by molar-refractivity contribution is 0.0368. The van der Waals surface area contributed by atoms with Crippen molar-refractivity contribution >= 4 is 5.91 Å². The molecule has 5 heteroatoms. The van der Waals surface area contributed by atoms with Crippen LogP contribution in [0.2, 0.25) is 0 Å². The van der Waals surface area contributed by atoms with Gasteiger partial charge in [-0.3, -0.25) is 4.79 Å². The molecule has 0 spiro atoms. The maximum absolute atomic E-state index is 13.0. The zero-order chi connectivity index (χ0) is 14.6. The number of aliphatic hydroxyl groups is 1. The zero-order valence-electron chi connectivity index (χ0n) is 11.3. The van der Waals surface area contributed by atoms with Gasteiger partial charge >= 0.3 is 0 Å². The van der Waals surface area contributed by atoms with Gasteiger partial charge in [0.1, 0.15) is 11.6 Å². The second kappa shape index (κ2) is 6.10. The minimum absolute atomic E-state index is 0.0299. The number of amides is 1. The van der Waals surface area contributed by atoms with E-state index in [1.165, 1.54) is 0 Å². The standard InChI is InChI=1S/C14H19F2NO2/c1-9(2)7-14(3,19)8-17-13(18)10-4-11(15)6-12(16)5-10/h4-6,9,19H,7-8H2,1-3H3,(H,17,18). The molecule has 2 N–H and O–H groups in total. The largest absolute Gasteiger partial charge is 0.388 e. The molecule has 1 atom stereocenters. The van der Waals surface area contributed by atoms with Gasteiger partial charge in [0.15, 0.2) is 0 Å². The van der Waals surface area contributed by atoms with Crippen LogP contribution in [-0.4, -0.2) is 23.2 Å². The van der Waals surface area contributed by atoms with Crippen LogP contribution < -0.4 is 5.32 Å². The van der Waals surface area contributed by atoms with E-state index in [4.69, 9.17) is 0 Å². The summed E-state index contributed by atoms with van der Waals surface area (Å²) in [4.78, 5) is 11.7. The van der Waals surface area contributed by atoms with Crippen LogP contribution in [0.1, 0.15) is 37.6 Å². The van der Waals surface area contributed by atoms with Crippen molar-refractivity contribution in [3.05, 3.63) is 35.4 Å². The first kappa shape index (κ1) is 15.6. The van der Waals surface area contributed by atoms with Gasteiger partial charge in [0.05, 0.1) is 5.60 Å². The summed E-state index contributed by atoms with van der Waals surface area (Å²) in [5.41, 5.74) is -1.15. The molecule has 3 nitrogen and oxygen atoms in total. The van der Waals surface area contributed by atoms with Gasteiger partial charge in [0.2, 0.25) is 0 Å². The highest BCUT2D eigenvalue weighted by molar-refractivity contribution is 5.94. The van der Waals surface area contributed by atoms with Gasteiger partial charge in [-0.2, -0.15) is 0 Å². The van der Waals surface area contributed by atoms with E-state index in [1.807, 2.05) is 13.8 Å². The number of nitrogens with one attached hydrogen (secondary N) is 1. The molecule has 0 aliphatic heterocycles. The van der Waals surface area contributed by atoms with Crippen molar-refractivity contribution in [2.75, 3.05) is 6.54 Å². The van der Waals surface area contributed by atoms with Crippen molar-refractivity contribution in [1.82, 2.24) is 5.32 Å². The summed E-state index contributed by atoms with van der Waals surface area (Å²) < 4.78 is 25.9. The van der Waals surface area contributed by atoms with Crippen molar-refractivity contribution in [2.24, 2.45) is 5.92 Å². The average molecular weight is 271 g/mol. The topological polar surface area (TPSA) is 49.3 Å². The smallest absolute Gasteiger partial charge is 0.251 e. The quantitative estimate of drug-likeness (QED) is 0.864. The van der Waals surface area contributed by atoms with Crippen LogP contribution in [0.3, 0.4) is 0 Å². The Bertz CT molecular complexity index is 439. The normalized spacial score (nSPS) is 14.3. The Balaban J connectivity index is 2.65. The Kier molecular flexibility index (Phi) is 5.00. The Morgan fingerprint density at radius 3 is 2.32 bits per heavy atom. The fourth-order valence-electron chi connectivity index (χ4n) is 2.01. The van der Waals surface area contributed by atoms with E-state index < -0.39 is 23.1 Å². The van der Waals surface area contributed by atoms with E-state index >= 15 is 0 Å². The highest BCUT2D eigenvalue weighted by Gasteiger charge is 2.23. The van der Waals surface area contributed by atoms with E-state index in [9.17, 15) is 18.7 Å². The number of rotatable bonds is 5. The Labute approximate surface area is 111 Å². The summed E-state index contributed by atoms with van der Waals surface area (Å²) in [6.45, 7) is 5.55. The van der Waals surface area contributed by atoms with Crippen molar-refractivity contribution in [1.29, 1.82) is 0 Å². The molecule has 1 rings (SSSR count). The monoisotopic (exact) mass is 271 g/mol. The van der Waals surface area contributed by atoms with Gasteiger partial charge in [-0.05, 0) is 31.4 Å². The first-order valence-corrected chi connectivity index (χ1v) is 6.16. The Morgan fingerprint density at radius 2 is 1.84 bits per heavy atom. The summed E-state index contributed by atoms with van der Waals surface area (Å²) >= 11 is 0. The minimum atomic E-state index is -1.05. The third-order valence-corrected chi connectivity index (χ3v) is 2.60. The van der Waals surface area contributed by atoms with E-state index in [1.54, 1.807) is 6.92 Å². The zero-order valence-corrected chi connectivity index (χ0v) is 11.3. The molecule has 0 saturated carbocycles. The summed E-state index contributed by atoms with van der Waals surface area (Å²) in [5.74, 6) is -1.95. The average Bonchev–Trinajstić information content (AvgIpc) is 2.22. The van der Waals surface area contributed by atoms with Gasteiger partial charge in [0.25, 0.3) is 5.91 Å². The van der Waals surface area contributed by atoms with E-state index in [-0.39, 0.29) is 18.0 Å². The van der Waals surface area contributed by atoms with Crippen LogP contribution in [0.5, 0.6) is 0 Å². The van der Waals surface area contributed by atoms with E-state index in [0.717, 1.165) is 12.1 Å². The molecular formula is C14H19F2NO2. The Hall–Kier alpha value is -1.49. The molecule has 0 aromatic heterocycles. The predicted molar refractivity (Wildman–Crippen MR) is 68.8 cm³/mol. The maximum atomic E-state index is 13.0. The van der Waals surface area contributed by atoms with Crippen LogP contribution in [0.25, 0.3) is 0 Å². The number of hydrogen-bond acceptors (Lipinski definition) is 2. The maximum Gasteiger partial charge on any atom is 0.251 e. The molecule has 0 fully saturated rings. The second-order valence-corrected chi connectivity index (χ2v) is 5.44. The van der Waals surface area contributed by atoms with Crippen LogP contribution in [-0.2, 0) is 0 Å². The number of halogens is 2. The number of carbonyl (C=O) groups excluding carboxylic acids is 1. The van der Waals surface area contributed by atoms with Gasteiger partial charge in [0, 0.05) is 18.2 Å². The van der Waals surface area contributed by atoms with Crippen LogP contribution in [0.15, 0.2) is 18.2 Å². The molecule has 1 amide bonds. The lowest BCUT2D eigenvalue weighted by Crippen LogP contribution is -2.41. The fraction of sp³-hybridized carbons (Fsp3) is 0.500. The summed E-state index contributed by atoms with van der Waals surface area (Å²) in [6.07, 6.45) is 0.519. The molecule has 0 bridgehead atoms. The minimum Gasteiger partial charge on any atom is -0.388 e. The predicted octanol–water partition coefficient (Wildman–Crippen LogP) is 2.49. The van der Waals surface area contributed by atoms with E-state index in [2.05, 4.69) is 5.32 Å². The van der Waals surface area contributed by atoms with Crippen LogP contribution in [0.4, 0.5) is 8.78 Å². The van der Waals surface area contributed by atoms with Crippen molar-refractivity contribution in [3.8, 4) is 0 Å². The van der Waals surface area contributed by atoms with Crippen molar-refractivity contribution < 1.29 is 18.7 Å². The molecule has 106 valence electrons. The van der Waals surface area contributed by atoms with Gasteiger partial charge in [-0.25, -0.2) is 8.78 Å². The molecule has 1 aromatic carbocycles. The Morgan fingerprint density at radius 1 is 1.32 bits per heavy atom. The van der Waals surface area contributed by atoms with Crippen LogP contribution in [0, 0.1) is 17.6 Å². The molecule has 0 radical (unpaired) electrons. The fourth-order valence-corrected chi connectivity index (χ4v) is 2.01. The molecule has 1 unspecified atom stereocenters. The SMILES string of the molecule is CC(C)CC(C)(O)CNC(=O)c1cc(F)cc(F)c1. The van der Waals surface area contributed by atoms with Crippen LogP contribution >= 0.6 is 0 Å². The second-order valence-electron chi connectivity index (χ2n) is 5.44. The first-order chi connectivity index (χ1) is 8.69. The summed E-state index contributed by atoms with van der Waals surface area (Å²) in [7, 11) is 0. The van der Waals surface area contributed by atoms with Gasteiger partial charge in [-0.1, -0.05) is 13.8 Å². The molecule has 0 saturated heterocycles. The molecular weight excluding hydrogens is 252 g/mol. The third-order valence-electron chi connectivity index (χ3n) is 2.60. The lowest BCUT2D eigenvalue weighted by Gasteiger charge is -2.25. The highest BCUT2D eigenvalue weighted by atomic mass is 19.1. The highest BCUT2D eigenvalue weighted by Crippen LogP contribution is 2.15. The van der Waals surface area contributed by atoms with Crippen molar-refractivity contribution in [2.45, 2.75) is 32.8 Å². The van der Waals surface area contributed by atoms with Gasteiger partial charge in [-0.15, -0.1) is 0 Å². The first-order valence-electron chi connectivity index (χ1n) is 6.16. The number of hydrogen-bond donors (Lipinski definition) is 2. The van der Waals surface area contributed by atoms with E-state index in [0.29, 0.717) is 12.5 Å².